The summed E-state index contributed by atoms with van der Waals surface area (Å²) in [6.07, 6.45) is 0. The highest BCUT2D eigenvalue weighted by Gasteiger charge is 2.11. The van der Waals surface area contributed by atoms with E-state index in [1.54, 1.807) is 0 Å². The fraction of sp³-hybridized carbons (Fsp3) is 0.273. The van der Waals surface area contributed by atoms with E-state index in [1.165, 1.54) is 16.6 Å². The Labute approximate surface area is 96.8 Å². The SMILES string of the molecule is Cc1c(CNO)c2cc(Br)ccc2n1C. The lowest BCUT2D eigenvalue weighted by molar-refractivity contribution is 0.161. The molecule has 3 nitrogen and oxygen atoms in total. The molecule has 0 aliphatic heterocycles. The summed E-state index contributed by atoms with van der Waals surface area (Å²) in [7, 11) is 2.03. The van der Waals surface area contributed by atoms with Crippen molar-refractivity contribution in [3.05, 3.63) is 33.9 Å². The highest BCUT2D eigenvalue weighted by Crippen LogP contribution is 2.27. The number of hydrogen-bond acceptors (Lipinski definition) is 2. The molecule has 0 fully saturated rings. The van der Waals surface area contributed by atoms with Gasteiger partial charge in [-0.15, -0.1) is 0 Å². The molecule has 0 atom stereocenters. The number of aryl methyl sites for hydroxylation is 1. The van der Waals surface area contributed by atoms with E-state index in [0.717, 1.165) is 10.0 Å². The Morgan fingerprint density at radius 3 is 2.87 bits per heavy atom. The Morgan fingerprint density at radius 2 is 2.20 bits per heavy atom. The first-order valence-electron chi connectivity index (χ1n) is 4.75. The van der Waals surface area contributed by atoms with E-state index in [-0.39, 0.29) is 0 Å². The average Bonchev–Trinajstić information content (AvgIpc) is 2.44. The second kappa shape index (κ2) is 3.96. The molecular formula is C11H13BrN2O. The Morgan fingerprint density at radius 1 is 1.47 bits per heavy atom. The molecule has 2 aromatic rings. The lowest BCUT2D eigenvalue weighted by Crippen LogP contribution is -2.07. The Bertz CT molecular complexity index is 505. The molecular weight excluding hydrogens is 256 g/mol. The molecule has 0 aliphatic rings. The molecule has 0 amide bonds. The Hall–Kier alpha value is -0.840. The van der Waals surface area contributed by atoms with Gasteiger partial charge in [-0.2, -0.15) is 0 Å². The zero-order valence-electron chi connectivity index (χ0n) is 8.71. The lowest BCUT2D eigenvalue weighted by Gasteiger charge is -1.99. The number of nitrogens with zero attached hydrogens (tertiary/aromatic N) is 1. The van der Waals surface area contributed by atoms with Crippen molar-refractivity contribution < 1.29 is 5.21 Å². The predicted molar refractivity (Wildman–Crippen MR) is 64.0 cm³/mol. The van der Waals surface area contributed by atoms with E-state index < -0.39 is 0 Å². The second-order valence-corrected chi connectivity index (χ2v) is 4.54. The summed E-state index contributed by atoms with van der Waals surface area (Å²) < 4.78 is 3.19. The number of benzene rings is 1. The molecule has 0 spiro atoms. The van der Waals surface area contributed by atoms with Crippen LogP contribution in [0.2, 0.25) is 0 Å². The Kier molecular flexibility index (Phi) is 2.82. The number of hydrogen-bond donors (Lipinski definition) is 2. The first-order chi connectivity index (χ1) is 7.15. The maximum absolute atomic E-state index is 8.81. The maximum Gasteiger partial charge on any atom is 0.0483 e. The quantitative estimate of drug-likeness (QED) is 0.822. The van der Waals surface area contributed by atoms with Gasteiger partial charge in [-0.05, 0) is 30.7 Å². The first kappa shape index (κ1) is 10.7. The van der Waals surface area contributed by atoms with Crippen molar-refractivity contribution in [2.45, 2.75) is 13.5 Å². The van der Waals surface area contributed by atoms with Crippen LogP contribution in [0.3, 0.4) is 0 Å². The van der Waals surface area contributed by atoms with Crippen molar-refractivity contribution in [2.75, 3.05) is 0 Å². The summed E-state index contributed by atoms with van der Waals surface area (Å²) in [5.41, 5.74) is 5.71. The van der Waals surface area contributed by atoms with Gasteiger partial charge >= 0.3 is 0 Å². The second-order valence-electron chi connectivity index (χ2n) is 3.62. The topological polar surface area (TPSA) is 37.2 Å². The summed E-state index contributed by atoms with van der Waals surface area (Å²) >= 11 is 3.46. The van der Waals surface area contributed by atoms with Crippen LogP contribution in [0, 0.1) is 6.92 Å². The van der Waals surface area contributed by atoms with Gasteiger partial charge in [0, 0.05) is 34.7 Å². The lowest BCUT2D eigenvalue weighted by atomic mass is 10.1. The molecule has 2 N–H and O–H groups in total. The molecule has 2 rings (SSSR count). The number of hydroxylamine groups is 1. The molecule has 0 radical (unpaired) electrons. The molecule has 0 bridgehead atoms. The van der Waals surface area contributed by atoms with Gasteiger partial charge in [0.05, 0.1) is 0 Å². The summed E-state index contributed by atoms with van der Waals surface area (Å²) in [4.78, 5) is 0. The van der Waals surface area contributed by atoms with Crippen LogP contribution >= 0.6 is 15.9 Å². The van der Waals surface area contributed by atoms with Gasteiger partial charge in [0.15, 0.2) is 0 Å². The average molecular weight is 269 g/mol. The van der Waals surface area contributed by atoms with Crippen molar-refractivity contribution in [2.24, 2.45) is 7.05 Å². The van der Waals surface area contributed by atoms with Crippen molar-refractivity contribution in [1.82, 2.24) is 10.0 Å². The minimum absolute atomic E-state index is 0.472. The monoisotopic (exact) mass is 268 g/mol. The minimum Gasteiger partial charge on any atom is -0.348 e. The van der Waals surface area contributed by atoms with Crippen LogP contribution in [0.4, 0.5) is 0 Å². The molecule has 0 saturated heterocycles. The minimum atomic E-state index is 0.472. The normalized spacial score (nSPS) is 11.2. The highest BCUT2D eigenvalue weighted by atomic mass is 79.9. The number of nitrogens with one attached hydrogen (secondary N) is 1. The summed E-state index contributed by atoms with van der Waals surface area (Å²) in [5, 5.41) is 9.98. The molecule has 80 valence electrons. The summed E-state index contributed by atoms with van der Waals surface area (Å²) in [6, 6.07) is 6.18. The third-order valence-electron chi connectivity index (χ3n) is 2.84. The van der Waals surface area contributed by atoms with E-state index in [1.807, 2.05) is 13.1 Å². The third kappa shape index (κ3) is 1.69. The van der Waals surface area contributed by atoms with E-state index in [4.69, 9.17) is 5.21 Å². The van der Waals surface area contributed by atoms with Gasteiger partial charge in [-0.3, -0.25) is 0 Å². The fourth-order valence-corrected chi connectivity index (χ4v) is 2.28. The van der Waals surface area contributed by atoms with E-state index >= 15 is 0 Å². The molecule has 0 unspecified atom stereocenters. The highest BCUT2D eigenvalue weighted by molar-refractivity contribution is 9.10. The number of aromatic nitrogens is 1. The zero-order chi connectivity index (χ0) is 11.0. The largest absolute Gasteiger partial charge is 0.348 e. The van der Waals surface area contributed by atoms with Crippen LogP contribution in [-0.4, -0.2) is 9.77 Å². The van der Waals surface area contributed by atoms with Crippen molar-refractivity contribution in [3.63, 3.8) is 0 Å². The number of rotatable bonds is 2. The summed E-state index contributed by atoms with van der Waals surface area (Å²) in [5.74, 6) is 0. The van der Waals surface area contributed by atoms with Crippen LogP contribution < -0.4 is 5.48 Å². The molecule has 1 heterocycles. The van der Waals surface area contributed by atoms with Gasteiger partial charge in [0.1, 0.15) is 0 Å². The standard InChI is InChI=1S/C11H13BrN2O/c1-7-10(6-13-15)9-5-8(12)3-4-11(9)14(7)2/h3-5,13,15H,6H2,1-2H3. The van der Waals surface area contributed by atoms with Gasteiger partial charge in [-0.25, -0.2) is 5.48 Å². The number of halogens is 1. The smallest absolute Gasteiger partial charge is 0.0483 e. The van der Waals surface area contributed by atoms with Crippen LogP contribution in [0.5, 0.6) is 0 Å². The Balaban J connectivity index is 2.76. The molecule has 15 heavy (non-hydrogen) atoms. The van der Waals surface area contributed by atoms with Crippen molar-refractivity contribution in [1.29, 1.82) is 0 Å². The van der Waals surface area contributed by atoms with Crippen LogP contribution in [-0.2, 0) is 13.6 Å². The first-order valence-corrected chi connectivity index (χ1v) is 5.55. The van der Waals surface area contributed by atoms with Crippen LogP contribution in [0.15, 0.2) is 22.7 Å². The van der Waals surface area contributed by atoms with Crippen molar-refractivity contribution >= 4 is 26.8 Å². The molecule has 0 saturated carbocycles. The molecule has 1 aromatic heterocycles. The van der Waals surface area contributed by atoms with Gasteiger partial charge in [0.2, 0.25) is 0 Å². The van der Waals surface area contributed by atoms with Gasteiger partial charge in [-0.1, -0.05) is 15.9 Å². The van der Waals surface area contributed by atoms with Crippen molar-refractivity contribution in [3.8, 4) is 0 Å². The third-order valence-corrected chi connectivity index (χ3v) is 3.33. The van der Waals surface area contributed by atoms with Gasteiger partial charge in [0.25, 0.3) is 0 Å². The molecule has 0 aliphatic carbocycles. The van der Waals surface area contributed by atoms with E-state index in [0.29, 0.717) is 6.54 Å². The fourth-order valence-electron chi connectivity index (χ4n) is 1.92. The van der Waals surface area contributed by atoms with Crippen LogP contribution in [0.1, 0.15) is 11.3 Å². The zero-order valence-corrected chi connectivity index (χ0v) is 10.3. The molecule has 4 heteroatoms. The number of fused-ring (bicyclic) bond motifs is 1. The molecule has 1 aromatic carbocycles. The predicted octanol–water partition coefficient (Wildman–Crippen LogP) is 2.73. The van der Waals surface area contributed by atoms with E-state index in [2.05, 4.69) is 45.0 Å². The maximum atomic E-state index is 8.81. The summed E-state index contributed by atoms with van der Waals surface area (Å²) in [6.45, 7) is 2.53. The van der Waals surface area contributed by atoms with Gasteiger partial charge < -0.3 is 9.77 Å². The van der Waals surface area contributed by atoms with Crippen LogP contribution in [0.25, 0.3) is 10.9 Å². The van der Waals surface area contributed by atoms with E-state index in [9.17, 15) is 0 Å².